The van der Waals surface area contributed by atoms with Gasteiger partial charge in [0, 0.05) is 0 Å². The van der Waals surface area contributed by atoms with Crippen molar-refractivity contribution in [2.45, 2.75) is 0 Å². The molecule has 0 aromatic heterocycles. The normalized spacial score (nSPS) is 9.83. The van der Waals surface area contributed by atoms with Gasteiger partial charge in [-0.15, -0.1) is 0 Å². The summed E-state index contributed by atoms with van der Waals surface area (Å²) >= 11 is 0. The molecule has 0 amide bonds. The van der Waals surface area contributed by atoms with Crippen molar-refractivity contribution in [3.05, 3.63) is 0 Å². The average Bonchev–Trinajstić information content (AvgIpc) is 0.722. The fourth-order valence-corrected chi connectivity index (χ4v) is 0. The number of phosphoric acid groups is 1. The minimum absolute atomic E-state index is 0. The summed E-state index contributed by atoms with van der Waals surface area (Å²) in [6, 6.07) is 0. The molecule has 6 heteroatoms. The zero-order valence-corrected chi connectivity index (χ0v) is 7.18. The van der Waals surface area contributed by atoms with Crippen LogP contribution in [0.2, 0.25) is 0 Å². The molecule has 0 atom stereocenters. The molecular formula is LaO4P. The molecule has 0 saturated heterocycles. The van der Waals surface area contributed by atoms with Crippen molar-refractivity contribution in [1.82, 2.24) is 0 Å². The van der Waals surface area contributed by atoms with E-state index in [2.05, 4.69) is 0 Å². The van der Waals surface area contributed by atoms with Crippen molar-refractivity contribution in [1.29, 1.82) is 0 Å². The van der Waals surface area contributed by atoms with E-state index in [4.69, 9.17) is 19.2 Å². The minimum atomic E-state index is -5.39. The van der Waals surface area contributed by atoms with Gasteiger partial charge in [-0.05, 0) is 0 Å². The van der Waals surface area contributed by atoms with Crippen LogP contribution >= 0.6 is 7.82 Å². The molecule has 0 bridgehead atoms. The topological polar surface area (TPSA) is 86.2 Å². The van der Waals surface area contributed by atoms with Gasteiger partial charge >= 0.3 is 35.6 Å². The molecule has 0 rings (SSSR count). The molecule has 0 N–H and O–H groups in total. The van der Waals surface area contributed by atoms with Gasteiger partial charge in [-0.1, -0.05) is 0 Å². The molecule has 0 aliphatic rings. The second-order valence-electron chi connectivity index (χ2n) is 0.447. The van der Waals surface area contributed by atoms with Crippen LogP contribution in [0.4, 0.5) is 0 Å². The number of hydrogen-bond donors (Lipinski definition) is 0. The van der Waals surface area contributed by atoms with Gasteiger partial charge in [0.15, 0.2) is 0 Å². The molecule has 0 radical (unpaired) electrons. The van der Waals surface area contributed by atoms with E-state index in [1.54, 1.807) is 0 Å². The summed E-state index contributed by atoms with van der Waals surface area (Å²) in [5, 5.41) is 0. The van der Waals surface area contributed by atoms with Crippen LogP contribution in [0.1, 0.15) is 0 Å². The first-order chi connectivity index (χ1) is 2.00. The molecule has 32 valence electrons. The third-order valence-electron chi connectivity index (χ3n) is 0. The largest absolute Gasteiger partial charge is 3.00 e. The van der Waals surface area contributed by atoms with Gasteiger partial charge in [0.05, 0.1) is 0 Å². The van der Waals surface area contributed by atoms with Gasteiger partial charge in [0.2, 0.25) is 0 Å². The Hall–Kier alpha value is 1.30. The Balaban J connectivity index is 0. The predicted octanol–water partition coefficient (Wildman–Crippen LogP) is -2.82. The maximum atomic E-state index is 8.55. The van der Waals surface area contributed by atoms with Crippen LogP contribution in [0.15, 0.2) is 0 Å². The van der Waals surface area contributed by atoms with Crippen molar-refractivity contribution in [3.63, 3.8) is 0 Å². The van der Waals surface area contributed by atoms with Crippen LogP contribution in [0, 0.1) is 35.6 Å². The molecule has 0 aliphatic heterocycles. The molecule has 0 aliphatic carbocycles. The molecule has 0 aromatic rings. The van der Waals surface area contributed by atoms with E-state index in [1.807, 2.05) is 0 Å². The van der Waals surface area contributed by atoms with E-state index in [-0.39, 0.29) is 35.6 Å². The Labute approximate surface area is 62.4 Å². The first-order valence-electron chi connectivity index (χ1n) is 0.730. The van der Waals surface area contributed by atoms with Crippen LogP contribution < -0.4 is 14.7 Å². The second kappa shape index (κ2) is 3.33. The minimum Gasteiger partial charge on any atom is -0.822 e. The van der Waals surface area contributed by atoms with E-state index in [1.165, 1.54) is 0 Å². The van der Waals surface area contributed by atoms with Crippen molar-refractivity contribution in [2.24, 2.45) is 0 Å². The second-order valence-corrected chi connectivity index (χ2v) is 1.34. The van der Waals surface area contributed by atoms with Crippen LogP contribution in [0.25, 0.3) is 0 Å². The SMILES string of the molecule is O=P([O-])([O-])[O-].[La+3]. The first-order valence-corrected chi connectivity index (χ1v) is 2.19. The van der Waals surface area contributed by atoms with Crippen molar-refractivity contribution < 1.29 is 54.8 Å². The van der Waals surface area contributed by atoms with Crippen molar-refractivity contribution in [3.8, 4) is 0 Å². The molecule has 6 heavy (non-hydrogen) atoms. The molecule has 0 fully saturated rings. The number of hydrogen-bond acceptors (Lipinski definition) is 4. The van der Waals surface area contributed by atoms with E-state index in [0.717, 1.165) is 0 Å². The molecule has 0 spiro atoms. The predicted molar refractivity (Wildman–Crippen MR) is 7.61 cm³/mol. The average molecular weight is 234 g/mol. The fraction of sp³-hybridized carbons (Fsp3) is 0. The summed E-state index contributed by atoms with van der Waals surface area (Å²) in [5.41, 5.74) is 0. The monoisotopic (exact) mass is 234 g/mol. The van der Waals surface area contributed by atoms with Crippen LogP contribution in [-0.4, -0.2) is 0 Å². The Morgan fingerprint density at radius 1 is 1.17 bits per heavy atom. The zero-order valence-electron chi connectivity index (χ0n) is 2.66. The molecule has 4 nitrogen and oxygen atoms in total. The summed E-state index contributed by atoms with van der Waals surface area (Å²) in [4.78, 5) is 25.6. The van der Waals surface area contributed by atoms with Crippen LogP contribution in [0.3, 0.4) is 0 Å². The van der Waals surface area contributed by atoms with Gasteiger partial charge in [-0.2, -0.15) is 7.82 Å². The Bertz CT molecular complexity index is 53.7. The Morgan fingerprint density at radius 2 is 1.17 bits per heavy atom. The molecule has 0 heterocycles. The molecule has 0 unspecified atom stereocenters. The van der Waals surface area contributed by atoms with Gasteiger partial charge in [0.1, 0.15) is 0 Å². The Kier molecular flexibility index (Phi) is 5.72. The summed E-state index contributed by atoms with van der Waals surface area (Å²) in [6.45, 7) is 0. The van der Waals surface area contributed by atoms with E-state index in [9.17, 15) is 0 Å². The van der Waals surface area contributed by atoms with Crippen LogP contribution in [-0.2, 0) is 4.57 Å². The van der Waals surface area contributed by atoms with Crippen LogP contribution in [0.5, 0.6) is 0 Å². The standard InChI is InChI=1S/La.H3O4P/c;1-5(2,3)4/h;(H3,1,2,3,4)/q+3;/p-3. The Morgan fingerprint density at radius 3 is 1.17 bits per heavy atom. The zero-order chi connectivity index (χ0) is 4.50. The summed E-state index contributed by atoms with van der Waals surface area (Å²) in [5.74, 6) is 0. The summed E-state index contributed by atoms with van der Waals surface area (Å²) in [6.07, 6.45) is 0. The van der Waals surface area contributed by atoms with Gasteiger partial charge in [-0.25, -0.2) is 0 Å². The smallest absolute Gasteiger partial charge is 0.822 e. The van der Waals surface area contributed by atoms with Gasteiger partial charge in [-0.3, -0.25) is 0 Å². The third kappa shape index (κ3) is 57.7. The first kappa shape index (κ1) is 10.3. The van der Waals surface area contributed by atoms with Crippen molar-refractivity contribution >= 4 is 7.82 Å². The molecule has 0 saturated carbocycles. The quantitative estimate of drug-likeness (QED) is 0.423. The van der Waals surface area contributed by atoms with Gasteiger partial charge < -0.3 is 19.2 Å². The maximum absolute atomic E-state index is 8.55. The summed E-state index contributed by atoms with van der Waals surface area (Å²) in [7, 11) is -5.39. The maximum Gasteiger partial charge on any atom is 3.00 e. The number of rotatable bonds is 0. The third-order valence-corrected chi connectivity index (χ3v) is 0. The van der Waals surface area contributed by atoms with Crippen molar-refractivity contribution in [2.75, 3.05) is 0 Å². The molecule has 0 aromatic carbocycles. The van der Waals surface area contributed by atoms with E-state index in [0.29, 0.717) is 0 Å². The fourth-order valence-electron chi connectivity index (χ4n) is 0. The summed E-state index contributed by atoms with van der Waals surface area (Å²) < 4.78 is 8.55. The van der Waals surface area contributed by atoms with Gasteiger partial charge in [0.25, 0.3) is 0 Å². The van der Waals surface area contributed by atoms with E-state index >= 15 is 0 Å². The van der Waals surface area contributed by atoms with E-state index < -0.39 is 7.82 Å². The molecular weight excluding hydrogens is 234 g/mol.